The molecule has 1 aromatic carbocycles. The summed E-state index contributed by atoms with van der Waals surface area (Å²) in [6, 6.07) is 6.23. The maximum Gasteiger partial charge on any atom is 0.225 e. The lowest BCUT2D eigenvalue weighted by atomic mass is 10.0. The Kier molecular flexibility index (Phi) is 6.52. The van der Waals surface area contributed by atoms with Gasteiger partial charge in [-0.05, 0) is 30.9 Å². The predicted octanol–water partition coefficient (Wildman–Crippen LogP) is 2.13. The number of aryl methyl sites for hydroxylation is 1. The van der Waals surface area contributed by atoms with Crippen LogP contribution in [-0.2, 0) is 11.2 Å². The Morgan fingerprint density at radius 2 is 2.10 bits per heavy atom. The molecule has 1 rings (SSSR count). The first kappa shape index (κ1) is 16.5. The van der Waals surface area contributed by atoms with Gasteiger partial charge in [-0.15, -0.1) is 0 Å². The molecule has 112 valence electrons. The van der Waals surface area contributed by atoms with E-state index in [9.17, 15) is 4.79 Å². The van der Waals surface area contributed by atoms with Crippen LogP contribution in [0.1, 0.15) is 30.9 Å². The van der Waals surface area contributed by atoms with Gasteiger partial charge in [0, 0.05) is 20.1 Å². The standard InChI is InChI=1S/C16H26N2O2/c1-5-14(17)11-13-8-6-7-12(2)16(13)20-10-9-15(19)18(3)4/h6-8,14H,5,9-11,17H2,1-4H3. The van der Waals surface area contributed by atoms with Crippen LogP contribution in [0.3, 0.4) is 0 Å². The molecule has 0 aliphatic heterocycles. The average Bonchev–Trinajstić information content (AvgIpc) is 2.41. The van der Waals surface area contributed by atoms with E-state index in [1.165, 1.54) is 0 Å². The molecule has 0 aliphatic carbocycles. The Balaban J connectivity index is 2.70. The summed E-state index contributed by atoms with van der Waals surface area (Å²) in [6.45, 7) is 4.50. The Labute approximate surface area is 121 Å². The predicted molar refractivity (Wildman–Crippen MR) is 82.0 cm³/mol. The van der Waals surface area contributed by atoms with Crippen LogP contribution in [0.15, 0.2) is 18.2 Å². The molecule has 1 unspecified atom stereocenters. The second kappa shape index (κ2) is 7.90. The third-order valence-electron chi connectivity index (χ3n) is 3.36. The molecule has 0 heterocycles. The van der Waals surface area contributed by atoms with Crippen molar-refractivity contribution in [2.45, 2.75) is 39.2 Å². The fourth-order valence-electron chi connectivity index (χ4n) is 1.97. The van der Waals surface area contributed by atoms with E-state index in [-0.39, 0.29) is 11.9 Å². The van der Waals surface area contributed by atoms with Gasteiger partial charge in [0.25, 0.3) is 0 Å². The molecule has 0 spiro atoms. The Hall–Kier alpha value is -1.55. The number of ether oxygens (including phenoxy) is 1. The fraction of sp³-hybridized carbons (Fsp3) is 0.562. The van der Waals surface area contributed by atoms with Gasteiger partial charge in [0.1, 0.15) is 5.75 Å². The van der Waals surface area contributed by atoms with E-state index in [2.05, 4.69) is 6.92 Å². The second-order valence-electron chi connectivity index (χ2n) is 5.32. The lowest BCUT2D eigenvalue weighted by molar-refractivity contribution is -0.129. The van der Waals surface area contributed by atoms with Crippen LogP contribution in [0, 0.1) is 6.92 Å². The van der Waals surface area contributed by atoms with E-state index in [0.717, 1.165) is 29.7 Å². The highest BCUT2D eigenvalue weighted by atomic mass is 16.5. The number of nitrogens with two attached hydrogens (primary N) is 1. The van der Waals surface area contributed by atoms with Crippen molar-refractivity contribution in [3.63, 3.8) is 0 Å². The first-order valence-corrected chi connectivity index (χ1v) is 7.12. The van der Waals surface area contributed by atoms with Crippen LogP contribution >= 0.6 is 0 Å². The van der Waals surface area contributed by atoms with Crippen molar-refractivity contribution in [1.29, 1.82) is 0 Å². The number of nitrogens with zero attached hydrogens (tertiary/aromatic N) is 1. The summed E-state index contributed by atoms with van der Waals surface area (Å²) >= 11 is 0. The van der Waals surface area contributed by atoms with Gasteiger partial charge < -0.3 is 15.4 Å². The zero-order valence-corrected chi connectivity index (χ0v) is 13.0. The molecule has 1 atom stereocenters. The van der Waals surface area contributed by atoms with Crippen molar-refractivity contribution < 1.29 is 9.53 Å². The van der Waals surface area contributed by atoms with Gasteiger partial charge in [-0.3, -0.25) is 4.79 Å². The molecular weight excluding hydrogens is 252 g/mol. The van der Waals surface area contributed by atoms with E-state index in [4.69, 9.17) is 10.5 Å². The Bertz CT molecular complexity index is 444. The van der Waals surface area contributed by atoms with Crippen LogP contribution in [0.4, 0.5) is 0 Å². The smallest absolute Gasteiger partial charge is 0.225 e. The van der Waals surface area contributed by atoms with E-state index < -0.39 is 0 Å². The minimum absolute atomic E-state index is 0.0744. The van der Waals surface area contributed by atoms with E-state index in [1.807, 2.05) is 25.1 Å². The van der Waals surface area contributed by atoms with Crippen LogP contribution < -0.4 is 10.5 Å². The Morgan fingerprint density at radius 1 is 1.40 bits per heavy atom. The minimum atomic E-state index is 0.0744. The number of hydrogen-bond donors (Lipinski definition) is 1. The van der Waals surface area contributed by atoms with E-state index in [0.29, 0.717) is 13.0 Å². The molecule has 0 fully saturated rings. The summed E-state index contributed by atoms with van der Waals surface area (Å²) in [6.07, 6.45) is 2.13. The van der Waals surface area contributed by atoms with Gasteiger partial charge in [-0.25, -0.2) is 0 Å². The van der Waals surface area contributed by atoms with Crippen molar-refractivity contribution in [3.05, 3.63) is 29.3 Å². The van der Waals surface area contributed by atoms with Crippen LogP contribution in [0.25, 0.3) is 0 Å². The first-order valence-electron chi connectivity index (χ1n) is 7.12. The third-order valence-corrected chi connectivity index (χ3v) is 3.36. The Morgan fingerprint density at radius 3 is 2.70 bits per heavy atom. The quantitative estimate of drug-likeness (QED) is 0.831. The van der Waals surface area contributed by atoms with Crippen LogP contribution in [0.5, 0.6) is 5.75 Å². The summed E-state index contributed by atoms with van der Waals surface area (Å²) in [4.78, 5) is 13.1. The van der Waals surface area contributed by atoms with Crippen LogP contribution in [-0.4, -0.2) is 37.6 Å². The zero-order valence-electron chi connectivity index (χ0n) is 13.0. The molecule has 0 saturated heterocycles. The minimum Gasteiger partial charge on any atom is -0.492 e. The molecule has 1 aromatic rings. The fourth-order valence-corrected chi connectivity index (χ4v) is 1.97. The molecule has 1 amide bonds. The molecule has 0 aliphatic rings. The van der Waals surface area contributed by atoms with Crippen molar-refractivity contribution in [2.75, 3.05) is 20.7 Å². The van der Waals surface area contributed by atoms with Crippen LogP contribution in [0.2, 0.25) is 0 Å². The van der Waals surface area contributed by atoms with Gasteiger partial charge in [0.2, 0.25) is 5.91 Å². The monoisotopic (exact) mass is 278 g/mol. The van der Waals surface area contributed by atoms with E-state index >= 15 is 0 Å². The van der Waals surface area contributed by atoms with Crippen molar-refractivity contribution >= 4 is 5.91 Å². The zero-order chi connectivity index (χ0) is 15.1. The van der Waals surface area contributed by atoms with Gasteiger partial charge >= 0.3 is 0 Å². The lowest BCUT2D eigenvalue weighted by Gasteiger charge is -2.17. The van der Waals surface area contributed by atoms with Crippen molar-refractivity contribution in [2.24, 2.45) is 5.73 Å². The molecule has 4 heteroatoms. The molecular formula is C16H26N2O2. The first-order chi connectivity index (χ1) is 9.45. The maximum absolute atomic E-state index is 11.6. The molecule has 4 nitrogen and oxygen atoms in total. The largest absolute Gasteiger partial charge is 0.492 e. The summed E-state index contributed by atoms with van der Waals surface area (Å²) in [5.74, 6) is 0.952. The molecule has 2 N–H and O–H groups in total. The highest BCUT2D eigenvalue weighted by Crippen LogP contribution is 2.25. The van der Waals surface area contributed by atoms with Gasteiger partial charge in [0.05, 0.1) is 13.0 Å². The van der Waals surface area contributed by atoms with Gasteiger partial charge in [0.15, 0.2) is 0 Å². The number of benzene rings is 1. The summed E-state index contributed by atoms with van der Waals surface area (Å²) < 4.78 is 5.83. The topological polar surface area (TPSA) is 55.6 Å². The maximum atomic E-state index is 11.6. The van der Waals surface area contributed by atoms with Gasteiger partial charge in [-0.2, -0.15) is 0 Å². The lowest BCUT2D eigenvalue weighted by Crippen LogP contribution is -2.24. The number of para-hydroxylation sites is 1. The SMILES string of the molecule is CCC(N)Cc1cccc(C)c1OCCC(=O)N(C)C. The molecule has 0 saturated carbocycles. The number of rotatable bonds is 7. The second-order valence-corrected chi connectivity index (χ2v) is 5.32. The normalized spacial score (nSPS) is 12.1. The summed E-state index contributed by atoms with van der Waals surface area (Å²) in [5, 5.41) is 0. The van der Waals surface area contributed by atoms with Gasteiger partial charge in [-0.1, -0.05) is 25.1 Å². The average molecular weight is 278 g/mol. The highest BCUT2D eigenvalue weighted by molar-refractivity contribution is 5.75. The molecule has 0 radical (unpaired) electrons. The van der Waals surface area contributed by atoms with Crippen molar-refractivity contribution in [3.8, 4) is 5.75 Å². The molecule has 20 heavy (non-hydrogen) atoms. The number of carbonyl (C=O) groups excluding carboxylic acids is 1. The molecule has 0 bridgehead atoms. The number of carbonyl (C=O) groups is 1. The van der Waals surface area contributed by atoms with Crippen molar-refractivity contribution in [1.82, 2.24) is 4.90 Å². The number of hydrogen-bond acceptors (Lipinski definition) is 3. The summed E-state index contributed by atoms with van der Waals surface area (Å²) in [5.41, 5.74) is 8.23. The summed E-state index contributed by atoms with van der Waals surface area (Å²) in [7, 11) is 3.50. The third kappa shape index (κ3) is 4.85. The van der Waals surface area contributed by atoms with E-state index in [1.54, 1.807) is 19.0 Å². The number of amides is 1. The highest BCUT2D eigenvalue weighted by Gasteiger charge is 2.11. The molecule has 0 aromatic heterocycles.